The molecule has 1 unspecified atom stereocenters. The van der Waals surface area contributed by atoms with Crippen LogP contribution in [-0.4, -0.2) is 62.1 Å². The lowest BCUT2D eigenvalue weighted by Gasteiger charge is -2.21. The Hall–Kier alpha value is -3.40. The first-order valence-electron chi connectivity index (χ1n) is 11.1. The molecule has 0 spiro atoms. The van der Waals surface area contributed by atoms with Crippen LogP contribution in [0.15, 0.2) is 18.2 Å². The van der Waals surface area contributed by atoms with Gasteiger partial charge in [-0.15, -0.1) is 0 Å². The van der Waals surface area contributed by atoms with Crippen molar-refractivity contribution >= 4 is 29.1 Å². The molecule has 0 fully saturated rings. The summed E-state index contributed by atoms with van der Waals surface area (Å²) in [7, 11) is 5.24. The summed E-state index contributed by atoms with van der Waals surface area (Å²) in [5.74, 6) is 0.885. The van der Waals surface area contributed by atoms with Gasteiger partial charge in [-0.1, -0.05) is 6.92 Å². The normalized spacial score (nSPS) is 11.6. The van der Waals surface area contributed by atoms with E-state index in [0.717, 1.165) is 12.1 Å². The molecule has 5 N–H and O–H groups in total. The van der Waals surface area contributed by atoms with Crippen molar-refractivity contribution in [3.63, 3.8) is 0 Å². The molecular formula is C23H35N7O3. The van der Waals surface area contributed by atoms with E-state index in [-0.39, 0.29) is 23.5 Å². The van der Waals surface area contributed by atoms with Crippen molar-refractivity contribution in [3.8, 4) is 5.75 Å². The molecule has 2 rings (SSSR count). The maximum atomic E-state index is 12.1. The smallest absolute Gasteiger partial charge is 0.271 e. The number of carbonyl (C=O) groups excluding carboxylic acids is 2. The number of nitrogens with zero attached hydrogens (tertiary/aromatic N) is 3. The van der Waals surface area contributed by atoms with Crippen LogP contribution in [0.2, 0.25) is 0 Å². The van der Waals surface area contributed by atoms with Crippen LogP contribution in [0.1, 0.15) is 42.5 Å². The number of nitrogens with one attached hydrogen (secondary N) is 3. The molecule has 0 saturated carbocycles. The van der Waals surface area contributed by atoms with E-state index in [1.165, 1.54) is 0 Å². The van der Waals surface area contributed by atoms with Crippen molar-refractivity contribution in [2.75, 3.05) is 44.5 Å². The Morgan fingerprint density at radius 2 is 1.94 bits per heavy atom. The van der Waals surface area contributed by atoms with Crippen molar-refractivity contribution in [1.29, 1.82) is 0 Å². The summed E-state index contributed by atoms with van der Waals surface area (Å²) in [5.41, 5.74) is 8.00. The van der Waals surface area contributed by atoms with E-state index in [9.17, 15) is 9.59 Å². The van der Waals surface area contributed by atoms with Gasteiger partial charge in [0, 0.05) is 31.9 Å². The van der Waals surface area contributed by atoms with E-state index < -0.39 is 5.91 Å². The van der Waals surface area contributed by atoms with Crippen LogP contribution in [0.4, 0.5) is 17.3 Å². The summed E-state index contributed by atoms with van der Waals surface area (Å²) < 4.78 is 5.44. The van der Waals surface area contributed by atoms with Crippen LogP contribution in [-0.2, 0) is 17.6 Å². The second-order valence-electron chi connectivity index (χ2n) is 7.67. The highest BCUT2D eigenvalue weighted by atomic mass is 16.5. The van der Waals surface area contributed by atoms with E-state index in [1.54, 1.807) is 27.1 Å². The predicted octanol–water partition coefficient (Wildman–Crippen LogP) is 1.61. The van der Waals surface area contributed by atoms with E-state index in [1.807, 2.05) is 37.9 Å². The second kappa shape index (κ2) is 12.0. The third-order valence-corrected chi connectivity index (χ3v) is 5.36. The minimum Gasteiger partial charge on any atom is -0.497 e. The van der Waals surface area contributed by atoms with Gasteiger partial charge in [-0.3, -0.25) is 9.59 Å². The number of aryl methyl sites for hydroxylation is 1. The zero-order valence-electron chi connectivity index (χ0n) is 20.3. The van der Waals surface area contributed by atoms with Gasteiger partial charge in [0.1, 0.15) is 5.75 Å². The van der Waals surface area contributed by atoms with Gasteiger partial charge in [-0.2, -0.15) is 0 Å². The van der Waals surface area contributed by atoms with Crippen LogP contribution in [0, 0.1) is 0 Å². The average molecular weight is 458 g/mol. The number of carbonyl (C=O) groups is 2. The minimum absolute atomic E-state index is 0.0660. The summed E-state index contributed by atoms with van der Waals surface area (Å²) in [6.07, 6.45) is 1.22. The molecular weight excluding hydrogens is 422 g/mol. The second-order valence-corrected chi connectivity index (χ2v) is 7.67. The highest BCUT2D eigenvalue weighted by Gasteiger charge is 2.19. The number of nitrogens with two attached hydrogens (primary N) is 1. The van der Waals surface area contributed by atoms with Crippen LogP contribution in [0.25, 0.3) is 0 Å². The third kappa shape index (κ3) is 6.79. The number of hydrogen-bond donors (Lipinski definition) is 4. The van der Waals surface area contributed by atoms with E-state index in [4.69, 9.17) is 10.5 Å². The van der Waals surface area contributed by atoms with E-state index >= 15 is 0 Å². The van der Waals surface area contributed by atoms with Crippen molar-refractivity contribution < 1.29 is 14.3 Å². The van der Waals surface area contributed by atoms with Gasteiger partial charge in [0.15, 0.2) is 17.3 Å². The standard InChI is InChI=1S/C23H35N7O3/c1-7-18-22(30(5)8-2)29-21(19(28-18)20(24)31)27-16-11-15(12-17(13-16)33-6)9-10-26-23(32)14(3)25-4/h11-14,25H,7-10H2,1-6H3,(H2,24,31)(H,26,32)(H,27,29). The summed E-state index contributed by atoms with van der Waals surface area (Å²) in [6.45, 7) is 6.98. The number of aromatic nitrogens is 2. The predicted molar refractivity (Wildman–Crippen MR) is 130 cm³/mol. The highest BCUT2D eigenvalue weighted by molar-refractivity contribution is 5.96. The summed E-state index contributed by atoms with van der Waals surface area (Å²) in [6, 6.07) is 5.35. The molecule has 0 saturated heterocycles. The van der Waals surface area contributed by atoms with Gasteiger partial charge in [0.05, 0.1) is 18.8 Å². The number of amides is 2. The van der Waals surface area contributed by atoms with Crippen LogP contribution in [0.5, 0.6) is 5.75 Å². The highest BCUT2D eigenvalue weighted by Crippen LogP contribution is 2.27. The Kier molecular flexibility index (Phi) is 9.41. The SMILES string of the molecule is CCc1nc(C(N)=O)c(Nc2cc(CCNC(=O)C(C)NC)cc(OC)c2)nc1N(C)CC. The lowest BCUT2D eigenvalue weighted by atomic mass is 10.1. The maximum Gasteiger partial charge on any atom is 0.271 e. The summed E-state index contributed by atoms with van der Waals surface area (Å²) >= 11 is 0. The first-order chi connectivity index (χ1) is 15.7. The molecule has 180 valence electrons. The minimum atomic E-state index is -0.658. The summed E-state index contributed by atoms with van der Waals surface area (Å²) in [5, 5.41) is 9.00. The quantitative estimate of drug-likeness (QED) is 0.378. The number of anilines is 3. The van der Waals surface area contributed by atoms with Gasteiger partial charge < -0.3 is 31.3 Å². The number of primary amides is 1. The van der Waals surface area contributed by atoms with Gasteiger partial charge in [-0.05, 0) is 51.4 Å². The van der Waals surface area contributed by atoms with E-state index in [0.29, 0.717) is 42.3 Å². The largest absolute Gasteiger partial charge is 0.497 e. The molecule has 0 aliphatic heterocycles. The zero-order chi connectivity index (χ0) is 24.5. The Balaban J connectivity index is 2.34. The molecule has 0 radical (unpaired) electrons. The molecule has 2 amide bonds. The molecule has 1 heterocycles. The first-order valence-corrected chi connectivity index (χ1v) is 11.1. The zero-order valence-corrected chi connectivity index (χ0v) is 20.3. The number of ether oxygens (including phenoxy) is 1. The van der Waals surface area contributed by atoms with Gasteiger partial charge in [-0.25, -0.2) is 9.97 Å². The fraction of sp³-hybridized carbons (Fsp3) is 0.478. The van der Waals surface area contributed by atoms with Crippen molar-refractivity contribution in [3.05, 3.63) is 35.2 Å². The summed E-state index contributed by atoms with van der Waals surface area (Å²) in [4.78, 5) is 35.2. The number of likely N-dealkylation sites (N-methyl/N-ethyl adjacent to an activating group) is 1. The Labute approximate surface area is 195 Å². The monoisotopic (exact) mass is 457 g/mol. The number of benzene rings is 1. The van der Waals surface area contributed by atoms with Crippen LogP contribution >= 0.6 is 0 Å². The average Bonchev–Trinajstić information content (AvgIpc) is 2.82. The fourth-order valence-corrected chi connectivity index (χ4v) is 3.16. The van der Waals surface area contributed by atoms with Crippen molar-refractivity contribution in [2.24, 2.45) is 5.73 Å². The molecule has 2 aromatic rings. The Morgan fingerprint density at radius 1 is 1.21 bits per heavy atom. The lowest BCUT2D eigenvalue weighted by molar-refractivity contribution is -0.122. The van der Waals surface area contributed by atoms with Gasteiger partial charge in [0.25, 0.3) is 5.91 Å². The van der Waals surface area contributed by atoms with Gasteiger partial charge in [0.2, 0.25) is 5.91 Å². The Morgan fingerprint density at radius 3 is 2.52 bits per heavy atom. The third-order valence-electron chi connectivity index (χ3n) is 5.36. The molecule has 1 atom stereocenters. The van der Waals surface area contributed by atoms with Crippen LogP contribution < -0.4 is 31.3 Å². The molecule has 0 bridgehead atoms. The Bertz CT molecular complexity index is 981. The molecule has 1 aromatic carbocycles. The van der Waals surface area contributed by atoms with Crippen LogP contribution in [0.3, 0.4) is 0 Å². The van der Waals surface area contributed by atoms with Crippen molar-refractivity contribution in [1.82, 2.24) is 20.6 Å². The maximum absolute atomic E-state index is 12.1. The molecule has 10 nitrogen and oxygen atoms in total. The van der Waals surface area contributed by atoms with Gasteiger partial charge >= 0.3 is 0 Å². The van der Waals surface area contributed by atoms with Crippen molar-refractivity contribution in [2.45, 2.75) is 39.7 Å². The number of hydrogen-bond acceptors (Lipinski definition) is 8. The lowest BCUT2D eigenvalue weighted by Crippen LogP contribution is -2.41. The first kappa shape index (κ1) is 25.9. The number of rotatable bonds is 12. The fourth-order valence-electron chi connectivity index (χ4n) is 3.16. The molecule has 10 heteroatoms. The number of methoxy groups -OCH3 is 1. The molecule has 0 aliphatic carbocycles. The topological polar surface area (TPSA) is 134 Å². The van der Waals surface area contributed by atoms with E-state index in [2.05, 4.69) is 25.9 Å². The molecule has 0 aliphatic rings. The molecule has 1 aromatic heterocycles. The molecule has 33 heavy (non-hydrogen) atoms.